The van der Waals surface area contributed by atoms with Gasteiger partial charge in [0.25, 0.3) is 0 Å². The van der Waals surface area contributed by atoms with Crippen molar-refractivity contribution in [1.29, 1.82) is 0 Å². The van der Waals surface area contributed by atoms with Gasteiger partial charge >= 0.3 is 0 Å². The molecule has 0 radical (unpaired) electrons. The monoisotopic (exact) mass is 277 g/mol. The smallest absolute Gasteiger partial charge is 0.0409 e. The normalized spacial score (nSPS) is 30.7. The predicted octanol–water partition coefficient (Wildman–Crippen LogP) is 4.82. The maximum absolute atomic E-state index is 6.18. The fourth-order valence-corrected chi connectivity index (χ4v) is 4.42. The zero-order valence-corrected chi connectivity index (χ0v) is 12.5. The first-order valence-electron chi connectivity index (χ1n) is 7.76. The third kappa shape index (κ3) is 2.83. The second-order valence-corrected chi connectivity index (χ2v) is 6.76. The van der Waals surface area contributed by atoms with Crippen molar-refractivity contribution in [2.75, 3.05) is 6.54 Å². The highest BCUT2D eigenvalue weighted by Gasteiger charge is 2.43. The summed E-state index contributed by atoms with van der Waals surface area (Å²) in [6.07, 6.45) is 6.99. The predicted molar refractivity (Wildman–Crippen MR) is 81.4 cm³/mol. The lowest BCUT2D eigenvalue weighted by Gasteiger charge is -2.32. The topological polar surface area (TPSA) is 12.0 Å². The van der Waals surface area contributed by atoms with Crippen LogP contribution in [0.2, 0.25) is 5.02 Å². The highest BCUT2D eigenvalue weighted by Crippen LogP contribution is 2.52. The number of hydrogen-bond acceptors (Lipinski definition) is 1. The van der Waals surface area contributed by atoms with E-state index in [1.807, 2.05) is 6.07 Å². The molecule has 2 bridgehead atoms. The Bertz CT molecular complexity index is 431. The third-order valence-corrected chi connectivity index (χ3v) is 5.28. The molecule has 0 saturated heterocycles. The van der Waals surface area contributed by atoms with Gasteiger partial charge in [-0.05, 0) is 67.7 Å². The summed E-state index contributed by atoms with van der Waals surface area (Å²) in [4.78, 5) is 0. The lowest BCUT2D eigenvalue weighted by molar-refractivity contribution is 0.251. The van der Waals surface area contributed by atoms with Gasteiger partial charge in [-0.15, -0.1) is 0 Å². The standard InChI is InChI=1S/C17H24ClN/c1-2-8-19-17(14-4-3-5-15(18)11-14)16-10-12-6-7-13(16)9-12/h3-5,11-13,16-17,19H,2,6-10H2,1H3. The van der Waals surface area contributed by atoms with E-state index >= 15 is 0 Å². The van der Waals surface area contributed by atoms with E-state index < -0.39 is 0 Å². The molecular formula is C17H24ClN. The van der Waals surface area contributed by atoms with Crippen molar-refractivity contribution in [3.05, 3.63) is 34.9 Å². The van der Waals surface area contributed by atoms with Gasteiger partial charge < -0.3 is 5.32 Å². The van der Waals surface area contributed by atoms with Crippen molar-refractivity contribution in [2.45, 2.75) is 45.1 Å². The van der Waals surface area contributed by atoms with Gasteiger partial charge in [0.15, 0.2) is 0 Å². The lowest BCUT2D eigenvalue weighted by Crippen LogP contribution is -2.32. The number of benzene rings is 1. The average molecular weight is 278 g/mol. The molecule has 4 unspecified atom stereocenters. The molecule has 2 aliphatic carbocycles. The Morgan fingerprint density at radius 2 is 2.21 bits per heavy atom. The molecule has 1 aromatic carbocycles. The van der Waals surface area contributed by atoms with E-state index in [0.717, 1.165) is 29.3 Å². The molecule has 2 heteroatoms. The zero-order chi connectivity index (χ0) is 13.2. The molecule has 1 nitrogen and oxygen atoms in total. The Morgan fingerprint density at radius 1 is 1.32 bits per heavy atom. The van der Waals surface area contributed by atoms with Crippen molar-refractivity contribution >= 4 is 11.6 Å². The van der Waals surface area contributed by atoms with Crippen LogP contribution in [0.3, 0.4) is 0 Å². The molecule has 4 atom stereocenters. The van der Waals surface area contributed by atoms with Gasteiger partial charge in [-0.2, -0.15) is 0 Å². The molecule has 0 aliphatic heterocycles. The molecule has 3 rings (SSSR count). The quantitative estimate of drug-likeness (QED) is 0.814. The molecule has 0 spiro atoms. The van der Waals surface area contributed by atoms with Gasteiger partial charge in [-0.25, -0.2) is 0 Å². The van der Waals surface area contributed by atoms with Crippen molar-refractivity contribution in [3.8, 4) is 0 Å². The summed E-state index contributed by atoms with van der Waals surface area (Å²) in [7, 11) is 0. The highest BCUT2D eigenvalue weighted by molar-refractivity contribution is 6.30. The molecule has 1 aromatic rings. The van der Waals surface area contributed by atoms with Crippen LogP contribution < -0.4 is 5.32 Å². The van der Waals surface area contributed by atoms with Crippen molar-refractivity contribution < 1.29 is 0 Å². The van der Waals surface area contributed by atoms with Crippen LogP contribution in [0.1, 0.15) is 50.6 Å². The molecule has 104 valence electrons. The summed E-state index contributed by atoms with van der Waals surface area (Å²) in [5.74, 6) is 2.77. The molecule has 0 heterocycles. The molecule has 0 amide bonds. The van der Waals surface area contributed by atoms with Crippen LogP contribution in [0.5, 0.6) is 0 Å². The molecule has 2 saturated carbocycles. The van der Waals surface area contributed by atoms with Gasteiger partial charge in [-0.1, -0.05) is 37.1 Å². The molecule has 19 heavy (non-hydrogen) atoms. The van der Waals surface area contributed by atoms with Crippen molar-refractivity contribution in [1.82, 2.24) is 5.32 Å². The molecular weight excluding hydrogens is 254 g/mol. The second kappa shape index (κ2) is 5.85. The summed E-state index contributed by atoms with van der Waals surface area (Å²) in [5.41, 5.74) is 1.39. The Balaban J connectivity index is 1.81. The maximum atomic E-state index is 6.18. The van der Waals surface area contributed by atoms with Crippen LogP contribution in [0, 0.1) is 17.8 Å². The third-order valence-electron chi connectivity index (χ3n) is 5.04. The van der Waals surface area contributed by atoms with Gasteiger partial charge in [-0.3, -0.25) is 0 Å². The van der Waals surface area contributed by atoms with Gasteiger partial charge in [0, 0.05) is 11.1 Å². The van der Waals surface area contributed by atoms with Crippen LogP contribution in [-0.2, 0) is 0 Å². The summed E-state index contributed by atoms with van der Waals surface area (Å²) in [6.45, 7) is 3.34. The Labute approximate surface area is 121 Å². The Kier molecular flexibility index (Phi) is 4.14. The summed E-state index contributed by atoms with van der Waals surface area (Å²) in [6, 6.07) is 8.97. The number of nitrogens with one attached hydrogen (secondary N) is 1. The largest absolute Gasteiger partial charge is 0.310 e. The summed E-state index contributed by atoms with van der Waals surface area (Å²) >= 11 is 6.18. The van der Waals surface area contributed by atoms with E-state index in [4.69, 9.17) is 11.6 Å². The van der Waals surface area contributed by atoms with E-state index in [1.54, 1.807) is 0 Å². The van der Waals surface area contributed by atoms with Gasteiger partial charge in [0.1, 0.15) is 0 Å². The first-order chi connectivity index (χ1) is 9.28. The first-order valence-corrected chi connectivity index (χ1v) is 8.14. The fourth-order valence-electron chi connectivity index (χ4n) is 4.22. The Hall–Kier alpha value is -0.530. The number of halogens is 1. The van der Waals surface area contributed by atoms with Crippen molar-refractivity contribution in [3.63, 3.8) is 0 Å². The highest BCUT2D eigenvalue weighted by atomic mass is 35.5. The minimum absolute atomic E-state index is 0.508. The minimum Gasteiger partial charge on any atom is -0.310 e. The van der Waals surface area contributed by atoms with Gasteiger partial charge in [0.2, 0.25) is 0 Å². The van der Waals surface area contributed by atoms with E-state index in [2.05, 4.69) is 30.4 Å². The van der Waals surface area contributed by atoms with Crippen LogP contribution >= 0.6 is 11.6 Å². The summed E-state index contributed by atoms with van der Waals surface area (Å²) in [5, 5.41) is 4.65. The maximum Gasteiger partial charge on any atom is 0.0409 e. The van der Waals surface area contributed by atoms with E-state index in [1.165, 1.54) is 37.7 Å². The molecule has 2 aliphatic rings. The zero-order valence-electron chi connectivity index (χ0n) is 11.7. The average Bonchev–Trinajstić information content (AvgIpc) is 3.02. The molecule has 0 aromatic heterocycles. The Morgan fingerprint density at radius 3 is 2.84 bits per heavy atom. The number of rotatable bonds is 5. The number of fused-ring (bicyclic) bond motifs is 2. The van der Waals surface area contributed by atoms with Crippen LogP contribution in [0.25, 0.3) is 0 Å². The minimum atomic E-state index is 0.508. The molecule has 2 fully saturated rings. The van der Waals surface area contributed by atoms with Crippen LogP contribution in [0.15, 0.2) is 24.3 Å². The van der Waals surface area contributed by atoms with Crippen molar-refractivity contribution in [2.24, 2.45) is 17.8 Å². The van der Waals surface area contributed by atoms with E-state index in [9.17, 15) is 0 Å². The van der Waals surface area contributed by atoms with Crippen LogP contribution in [0.4, 0.5) is 0 Å². The number of hydrogen-bond donors (Lipinski definition) is 1. The molecule has 1 N–H and O–H groups in total. The summed E-state index contributed by atoms with van der Waals surface area (Å²) < 4.78 is 0. The van der Waals surface area contributed by atoms with E-state index in [-0.39, 0.29) is 0 Å². The fraction of sp³-hybridized carbons (Fsp3) is 0.647. The second-order valence-electron chi connectivity index (χ2n) is 6.33. The van der Waals surface area contributed by atoms with Gasteiger partial charge in [0.05, 0.1) is 0 Å². The van der Waals surface area contributed by atoms with Crippen LogP contribution in [-0.4, -0.2) is 6.54 Å². The SMILES string of the molecule is CCCNC(c1cccc(Cl)c1)C1CC2CCC1C2. The first kappa shape index (κ1) is 13.5. The van der Waals surface area contributed by atoms with E-state index in [0.29, 0.717) is 6.04 Å². The lowest BCUT2D eigenvalue weighted by atomic mass is 9.80.